The van der Waals surface area contributed by atoms with Gasteiger partial charge in [-0.25, -0.2) is 13.4 Å². The third-order valence-corrected chi connectivity index (χ3v) is 6.12. The maximum Gasteiger partial charge on any atom is 0.422 e. The number of benzene rings is 1. The van der Waals surface area contributed by atoms with Gasteiger partial charge < -0.3 is 10.1 Å². The van der Waals surface area contributed by atoms with E-state index in [0.717, 1.165) is 18.4 Å². The number of halogens is 3. The summed E-state index contributed by atoms with van der Waals surface area (Å²) in [7, 11) is -3.49. The first-order chi connectivity index (χ1) is 13.2. The summed E-state index contributed by atoms with van der Waals surface area (Å²) in [5.41, 5.74) is 0.815. The molecule has 28 heavy (non-hydrogen) atoms. The van der Waals surface area contributed by atoms with E-state index in [9.17, 15) is 21.6 Å². The second kappa shape index (κ2) is 8.36. The Morgan fingerprint density at radius 1 is 1.07 bits per heavy atom. The number of nitrogens with one attached hydrogen (secondary N) is 1. The Hall–Kier alpha value is -2.33. The normalized spacial score (nSPS) is 15.5. The zero-order valence-electron chi connectivity index (χ0n) is 14.9. The number of alkyl halides is 3. The van der Waals surface area contributed by atoms with Crippen LogP contribution in [-0.4, -0.2) is 43.6 Å². The average Bonchev–Trinajstić information content (AvgIpc) is 3.21. The van der Waals surface area contributed by atoms with E-state index >= 15 is 0 Å². The fourth-order valence-electron chi connectivity index (χ4n) is 2.78. The third kappa shape index (κ3) is 5.35. The van der Waals surface area contributed by atoms with Crippen LogP contribution in [0.2, 0.25) is 0 Å². The quantitative estimate of drug-likeness (QED) is 0.750. The molecule has 2 aromatic rings. The molecule has 0 bridgehead atoms. The highest BCUT2D eigenvalue weighted by Crippen LogP contribution is 2.22. The summed E-state index contributed by atoms with van der Waals surface area (Å²) in [6.07, 6.45) is -1.32. The standard InChI is InChI=1S/C18H20F3N3O3S/c19-18(20,21)13-27-15-5-3-14(4-6-15)11-22-17-8-7-16(12-23-17)28(25,26)24-9-1-2-10-24/h3-8,12H,1-2,9-11,13H2,(H,22,23). The molecule has 1 N–H and O–H groups in total. The average molecular weight is 415 g/mol. The van der Waals surface area contributed by atoms with Gasteiger partial charge in [-0.2, -0.15) is 17.5 Å². The van der Waals surface area contributed by atoms with Gasteiger partial charge in [0.2, 0.25) is 10.0 Å². The number of anilines is 1. The van der Waals surface area contributed by atoms with Crippen LogP contribution in [0.1, 0.15) is 18.4 Å². The molecule has 6 nitrogen and oxygen atoms in total. The van der Waals surface area contributed by atoms with Crippen LogP contribution < -0.4 is 10.1 Å². The number of rotatable bonds is 7. The summed E-state index contributed by atoms with van der Waals surface area (Å²) in [5.74, 6) is 0.633. The summed E-state index contributed by atoms with van der Waals surface area (Å²) in [6.45, 7) is 0.113. The maximum absolute atomic E-state index is 12.5. The fourth-order valence-corrected chi connectivity index (χ4v) is 4.24. The number of hydrogen-bond acceptors (Lipinski definition) is 5. The van der Waals surface area contributed by atoms with Crippen LogP contribution in [0.4, 0.5) is 19.0 Å². The van der Waals surface area contributed by atoms with Gasteiger partial charge >= 0.3 is 6.18 Å². The van der Waals surface area contributed by atoms with Gasteiger partial charge in [-0.15, -0.1) is 0 Å². The first kappa shape index (κ1) is 20.4. The van der Waals surface area contributed by atoms with Gasteiger partial charge in [0.05, 0.1) is 0 Å². The minimum absolute atomic E-state index is 0.135. The van der Waals surface area contributed by atoms with Crippen molar-refractivity contribution in [1.29, 1.82) is 0 Å². The van der Waals surface area contributed by atoms with Crippen LogP contribution in [0.5, 0.6) is 5.75 Å². The number of pyridine rings is 1. The highest BCUT2D eigenvalue weighted by Gasteiger charge is 2.28. The van der Waals surface area contributed by atoms with Gasteiger partial charge in [0, 0.05) is 25.8 Å². The molecule has 10 heteroatoms. The molecule has 1 aliphatic heterocycles. The molecule has 0 saturated carbocycles. The maximum atomic E-state index is 12.5. The largest absolute Gasteiger partial charge is 0.484 e. The van der Waals surface area contributed by atoms with Gasteiger partial charge in [-0.3, -0.25) is 0 Å². The number of sulfonamides is 1. The molecule has 1 aliphatic rings. The van der Waals surface area contributed by atoms with Crippen molar-refractivity contribution in [3.8, 4) is 5.75 Å². The van der Waals surface area contributed by atoms with Crippen LogP contribution in [0.25, 0.3) is 0 Å². The van der Waals surface area contributed by atoms with Crippen molar-refractivity contribution in [3.05, 3.63) is 48.2 Å². The van der Waals surface area contributed by atoms with E-state index in [1.54, 1.807) is 18.2 Å². The molecule has 3 rings (SSSR count). The summed E-state index contributed by atoms with van der Waals surface area (Å²) in [6, 6.07) is 9.31. The Balaban J connectivity index is 1.55. The predicted molar refractivity (Wildman–Crippen MR) is 97.5 cm³/mol. The lowest BCUT2D eigenvalue weighted by Gasteiger charge is -2.15. The Kier molecular flexibility index (Phi) is 6.09. The Bertz CT molecular complexity index is 879. The van der Waals surface area contributed by atoms with E-state index in [1.807, 2.05) is 0 Å². The fraction of sp³-hybridized carbons (Fsp3) is 0.389. The molecule has 0 spiro atoms. The second-order valence-electron chi connectivity index (χ2n) is 6.39. The number of aromatic nitrogens is 1. The first-order valence-corrected chi connectivity index (χ1v) is 10.2. The summed E-state index contributed by atoms with van der Waals surface area (Å²) in [4.78, 5) is 4.30. The molecular weight excluding hydrogens is 395 g/mol. The van der Waals surface area contributed by atoms with Crippen LogP contribution in [-0.2, 0) is 16.6 Å². The molecule has 0 amide bonds. The Morgan fingerprint density at radius 3 is 2.32 bits per heavy atom. The molecule has 2 heterocycles. The van der Waals surface area contributed by atoms with Crippen molar-refractivity contribution < 1.29 is 26.3 Å². The van der Waals surface area contributed by atoms with Crippen LogP contribution in [0, 0.1) is 0 Å². The third-order valence-electron chi connectivity index (χ3n) is 4.24. The molecule has 1 aromatic carbocycles. The highest BCUT2D eigenvalue weighted by atomic mass is 32.2. The molecule has 1 saturated heterocycles. The summed E-state index contributed by atoms with van der Waals surface area (Å²) in [5, 5.41) is 3.04. The molecule has 0 aliphatic carbocycles. The number of ether oxygens (including phenoxy) is 1. The van der Waals surface area contributed by atoms with Crippen molar-refractivity contribution in [2.75, 3.05) is 25.0 Å². The van der Waals surface area contributed by atoms with Gasteiger partial charge in [0.1, 0.15) is 16.5 Å². The molecule has 1 fully saturated rings. The minimum atomic E-state index is -4.37. The predicted octanol–water partition coefficient (Wildman–Crippen LogP) is 3.42. The Labute approximate surface area is 161 Å². The van der Waals surface area contributed by atoms with Gasteiger partial charge in [-0.05, 0) is 42.7 Å². The van der Waals surface area contributed by atoms with Gasteiger partial charge in [0.15, 0.2) is 6.61 Å². The lowest BCUT2D eigenvalue weighted by Crippen LogP contribution is -2.27. The smallest absolute Gasteiger partial charge is 0.422 e. The van der Waals surface area contributed by atoms with Crippen molar-refractivity contribution >= 4 is 15.8 Å². The molecule has 0 unspecified atom stereocenters. The van der Waals surface area contributed by atoms with E-state index < -0.39 is 22.8 Å². The minimum Gasteiger partial charge on any atom is -0.484 e. The first-order valence-electron chi connectivity index (χ1n) is 8.73. The van der Waals surface area contributed by atoms with Crippen LogP contribution in [0.15, 0.2) is 47.5 Å². The number of nitrogens with zero attached hydrogens (tertiary/aromatic N) is 2. The van der Waals surface area contributed by atoms with E-state index in [4.69, 9.17) is 0 Å². The second-order valence-corrected chi connectivity index (χ2v) is 8.33. The van der Waals surface area contributed by atoms with E-state index in [2.05, 4.69) is 15.0 Å². The van der Waals surface area contributed by atoms with Gasteiger partial charge in [-0.1, -0.05) is 12.1 Å². The summed E-state index contributed by atoms with van der Waals surface area (Å²) >= 11 is 0. The molecule has 0 atom stereocenters. The zero-order chi connectivity index (χ0) is 20.2. The van der Waals surface area contributed by atoms with E-state index in [1.165, 1.54) is 28.7 Å². The highest BCUT2D eigenvalue weighted by molar-refractivity contribution is 7.89. The van der Waals surface area contributed by atoms with Crippen molar-refractivity contribution in [3.63, 3.8) is 0 Å². The van der Waals surface area contributed by atoms with Crippen LogP contribution in [0.3, 0.4) is 0 Å². The Morgan fingerprint density at radius 2 is 1.75 bits per heavy atom. The molecular formula is C18H20F3N3O3S. The van der Waals surface area contributed by atoms with Gasteiger partial charge in [0.25, 0.3) is 0 Å². The number of hydrogen-bond donors (Lipinski definition) is 1. The van der Waals surface area contributed by atoms with Crippen LogP contribution >= 0.6 is 0 Å². The van der Waals surface area contributed by atoms with Crippen molar-refractivity contribution in [2.45, 2.75) is 30.5 Å². The van der Waals surface area contributed by atoms with Crippen molar-refractivity contribution in [2.24, 2.45) is 0 Å². The van der Waals surface area contributed by atoms with Crippen molar-refractivity contribution in [1.82, 2.24) is 9.29 Å². The summed E-state index contributed by atoms with van der Waals surface area (Å²) < 4.78 is 67.4. The molecule has 1 aromatic heterocycles. The SMILES string of the molecule is O=S(=O)(c1ccc(NCc2ccc(OCC(F)(F)F)cc2)nc1)N1CCCC1. The molecule has 152 valence electrons. The van der Waals surface area contributed by atoms with E-state index in [-0.39, 0.29) is 10.6 Å². The molecule has 0 radical (unpaired) electrons. The lowest BCUT2D eigenvalue weighted by atomic mass is 10.2. The monoisotopic (exact) mass is 415 g/mol. The topological polar surface area (TPSA) is 71.5 Å². The van der Waals surface area contributed by atoms with E-state index in [0.29, 0.717) is 25.5 Å². The zero-order valence-corrected chi connectivity index (χ0v) is 15.8. The lowest BCUT2D eigenvalue weighted by molar-refractivity contribution is -0.153.